The Kier molecular flexibility index (Phi) is 5.32. The van der Waals surface area contributed by atoms with Crippen LogP contribution in [0.15, 0.2) is 24.3 Å². The van der Waals surface area contributed by atoms with E-state index in [4.69, 9.17) is 19.3 Å². The number of amides is 1. The third-order valence-electron chi connectivity index (χ3n) is 4.19. The van der Waals surface area contributed by atoms with E-state index in [-0.39, 0.29) is 25.2 Å². The number of carbonyl (C=O) groups is 2. The molecule has 7 nitrogen and oxygen atoms in total. The largest absolute Gasteiger partial charge is 0.491 e. The van der Waals surface area contributed by atoms with Gasteiger partial charge < -0.3 is 24.2 Å². The van der Waals surface area contributed by atoms with Crippen LogP contribution in [-0.2, 0) is 14.3 Å². The Morgan fingerprint density at radius 2 is 2.00 bits per heavy atom. The number of aliphatic carboxylic acids is 1. The topological polar surface area (TPSA) is 85.3 Å². The molecule has 2 atom stereocenters. The van der Waals surface area contributed by atoms with E-state index in [1.165, 1.54) is 4.90 Å². The van der Waals surface area contributed by atoms with Crippen LogP contribution in [0.4, 0.5) is 0 Å². The first kappa shape index (κ1) is 16.7. The lowest BCUT2D eigenvalue weighted by Crippen LogP contribution is -2.48. The van der Waals surface area contributed by atoms with Gasteiger partial charge in [0.2, 0.25) is 0 Å². The first-order chi connectivity index (χ1) is 11.6. The molecular formula is C17H21NO6. The van der Waals surface area contributed by atoms with Gasteiger partial charge in [0.1, 0.15) is 12.4 Å². The lowest BCUT2D eigenvalue weighted by molar-refractivity contribution is -0.154. The maximum atomic E-state index is 12.5. The minimum atomic E-state index is -1.05. The molecule has 1 amide bonds. The minimum absolute atomic E-state index is 0.0609. The fourth-order valence-corrected chi connectivity index (χ4v) is 2.82. The molecule has 1 aromatic rings. The zero-order chi connectivity index (χ0) is 16.9. The van der Waals surface area contributed by atoms with Crippen molar-refractivity contribution in [3.8, 4) is 5.75 Å². The highest BCUT2D eigenvalue weighted by Gasteiger charge is 2.29. The Labute approximate surface area is 140 Å². The summed E-state index contributed by atoms with van der Waals surface area (Å²) in [6.45, 7) is 1.98. The SMILES string of the molecule is O=C(O)[C@H]1CN(C(=O)c2ccc(OC[C@H]3CCCO3)cc2)CCO1. The third-order valence-corrected chi connectivity index (χ3v) is 4.19. The van der Waals surface area contributed by atoms with E-state index < -0.39 is 12.1 Å². The van der Waals surface area contributed by atoms with E-state index in [2.05, 4.69) is 0 Å². The molecule has 2 fully saturated rings. The van der Waals surface area contributed by atoms with Gasteiger partial charge in [0.25, 0.3) is 5.91 Å². The molecule has 0 aliphatic carbocycles. The van der Waals surface area contributed by atoms with E-state index in [9.17, 15) is 9.59 Å². The van der Waals surface area contributed by atoms with Gasteiger partial charge in [0.05, 0.1) is 19.3 Å². The van der Waals surface area contributed by atoms with Crippen molar-refractivity contribution in [1.82, 2.24) is 4.90 Å². The smallest absolute Gasteiger partial charge is 0.334 e. The average molecular weight is 335 g/mol. The molecule has 2 saturated heterocycles. The number of benzene rings is 1. The second-order valence-corrected chi connectivity index (χ2v) is 5.92. The van der Waals surface area contributed by atoms with Gasteiger partial charge in [-0.05, 0) is 37.1 Å². The molecule has 2 aliphatic rings. The number of carboxylic acids is 1. The van der Waals surface area contributed by atoms with Crippen LogP contribution in [-0.4, -0.2) is 67.0 Å². The summed E-state index contributed by atoms with van der Waals surface area (Å²) in [6, 6.07) is 6.88. The number of hydrogen-bond acceptors (Lipinski definition) is 5. The van der Waals surface area contributed by atoms with Gasteiger partial charge in [-0.1, -0.05) is 0 Å². The summed E-state index contributed by atoms with van der Waals surface area (Å²) in [4.78, 5) is 25.0. The van der Waals surface area contributed by atoms with Gasteiger partial charge >= 0.3 is 5.97 Å². The normalized spacial score (nSPS) is 23.9. The standard InChI is InChI=1S/C17H21NO6/c19-16(18-7-9-23-15(10-18)17(20)21)12-3-5-13(6-4-12)24-11-14-2-1-8-22-14/h3-6,14-15H,1-2,7-11H2,(H,20,21)/t14-,15-/m1/s1. The van der Waals surface area contributed by atoms with Crippen molar-refractivity contribution in [2.75, 3.05) is 32.9 Å². The molecule has 1 aromatic carbocycles. The number of rotatable bonds is 5. The number of hydrogen-bond donors (Lipinski definition) is 1. The Balaban J connectivity index is 1.56. The lowest BCUT2D eigenvalue weighted by atomic mass is 10.1. The molecule has 130 valence electrons. The van der Waals surface area contributed by atoms with Crippen molar-refractivity contribution in [3.63, 3.8) is 0 Å². The highest BCUT2D eigenvalue weighted by molar-refractivity contribution is 5.94. The van der Waals surface area contributed by atoms with Crippen molar-refractivity contribution in [2.45, 2.75) is 25.0 Å². The molecule has 0 bridgehead atoms. The lowest BCUT2D eigenvalue weighted by Gasteiger charge is -2.30. The van der Waals surface area contributed by atoms with Gasteiger partial charge in [0.15, 0.2) is 6.10 Å². The number of nitrogens with zero attached hydrogens (tertiary/aromatic N) is 1. The first-order valence-corrected chi connectivity index (χ1v) is 8.11. The molecule has 7 heteroatoms. The summed E-state index contributed by atoms with van der Waals surface area (Å²) < 4.78 is 16.3. The Hall–Kier alpha value is -2.12. The third kappa shape index (κ3) is 4.04. The van der Waals surface area contributed by atoms with Crippen molar-refractivity contribution >= 4 is 11.9 Å². The van der Waals surface area contributed by atoms with Crippen LogP contribution >= 0.6 is 0 Å². The highest BCUT2D eigenvalue weighted by atomic mass is 16.5. The van der Waals surface area contributed by atoms with Gasteiger partial charge in [-0.15, -0.1) is 0 Å². The zero-order valence-corrected chi connectivity index (χ0v) is 13.3. The monoisotopic (exact) mass is 335 g/mol. The molecule has 2 heterocycles. The Morgan fingerprint density at radius 1 is 1.21 bits per heavy atom. The van der Waals surface area contributed by atoms with E-state index >= 15 is 0 Å². The van der Waals surface area contributed by atoms with E-state index in [0.717, 1.165) is 19.4 Å². The van der Waals surface area contributed by atoms with Crippen LogP contribution in [0, 0.1) is 0 Å². The summed E-state index contributed by atoms with van der Waals surface area (Å²) in [6.07, 6.45) is 1.26. The van der Waals surface area contributed by atoms with Gasteiger partial charge in [-0.2, -0.15) is 0 Å². The second-order valence-electron chi connectivity index (χ2n) is 5.92. The number of carbonyl (C=O) groups excluding carboxylic acids is 1. The maximum Gasteiger partial charge on any atom is 0.334 e. The van der Waals surface area contributed by atoms with Crippen molar-refractivity contribution in [2.24, 2.45) is 0 Å². The summed E-state index contributed by atoms with van der Waals surface area (Å²) in [5, 5.41) is 9.00. The van der Waals surface area contributed by atoms with Crippen LogP contribution in [0.25, 0.3) is 0 Å². The maximum absolute atomic E-state index is 12.5. The number of ether oxygens (including phenoxy) is 3. The molecule has 1 N–H and O–H groups in total. The molecular weight excluding hydrogens is 314 g/mol. The molecule has 0 spiro atoms. The van der Waals surface area contributed by atoms with E-state index in [1.54, 1.807) is 24.3 Å². The zero-order valence-electron chi connectivity index (χ0n) is 13.3. The minimum Gasteiger partial charge on any atom is -0.491 e. The molecule has 0 unspecified atom stereocenters. The van der Waals surface area contributed by atoms with Gasteiger partial charge in [-0.25, -0.2) is 4.79 Å². The fourth-order valence-electron chi connectivity index (χ4n) is 2.82. The van der Waals surface area contributed by atoms with E-state index in [1.807, 2.05) is 0 Å². The second kappa shape index (κ2) is 7.63. The summed E-state index contributed by atoms with van der Waals surface area (Å²) in [7, 11) is 0. The van der Waals surface area contributed by atoms with Crippen molar-refractivity contribution in [1.29, 1.82) is 0 Å². The van der Waals surface area contributed by atoms with Crippen LogP contribution in [0.5, 0.6) is 5.75 Å². The van der Waals surface area contributed by atoms with Crippen molar-refractivity contribution in [3.05, 3.63) is 29.8 Å². The highest BCUT2D eigenvalue weighted by Crippen LogP contribution is 2.18. The number of carboxylic acid groups (broad SMARTS) is 1. The quantitative estimate of drug-likeness (QED) is 0.869. The predicted molar refractivity (Wildman–Crippen MR) is 84.2 cm³/mol. The predicted octanol–water partition coefficient (Wildman–Crippen LogP) is 1.17. The molecule has 0 aromatic heterocycles. The number of morpholine rings is 1. The van der Waals surface area contributed by atoms with Gasteiger partial charge in [-0.3, -0.25) is 4.79 Å². The van der Waals surface area contributed by atoms with Crippen LogP contribution in [0.2, 0.25) is 0 Å². The molecule has 3 rings (SSSR count). The Bertz CT molecular complexity index is 581. The van der Waals surface area contributed by atoms with Gasteiger partial charge in [0, 0.05) is 18.7 Å². The molecule has 24 heavy (non-hydrogen) atoms. The Morgan fingerprint density at radius 3 is 2.67 bits per heavy atom. The molecule has 0 radical (unpaired) electrons. The average Bonchev–Trinajstić information content (AvgIpc) is 3.13. The molecule has 2 aliphatic heterocycles. The molecule has 0 saturated carbocycles. The van der Waals surface area contributed by atoms with E-state index in [0.29, 0.717) is 24.5 Å². The summed E-state index contributed by atoms with van der Waals surface area (Å²) in [5.74, 6) is -0.562. The van der Waals surface area contributed by atoms with Crippen LogP contribution in [0.3, 0.4) is 0 Å². The van der Waals surface area contributed by atoms with Crippen LogP contribution < -0.4 is 4.74 Å². The fraction of sp³-hybridized carbons (Fsp3) is 0.529. The summed E-state index contributed by atoms with van der Waals surface area (Å²) in [5.41, 5.74) is 0.505. The summed E-state index contributed by atoms with van der Waals surface area (Å²) >= 11 is 0. The van der Waals surface area contributed by atoms with Crippen molar-refractivity contribution < 1.29 is 28.9 Å². The first-order valence-electron chi connectivity index (χ1n) is 8.11. The van der Waals surface area contributed by atoms with Crippen LogP contribution in [0.1, 0.15) is 23.2 Å².